The number of imidazole rings is 1. The standard InChI is InChI=1S/C13H15ClFN3/c1-3-5-10-17-12(13(16)18(10)2)11-8(14)6-4-7-9(11)15/h4,6-7H,3,5,16H2,1-2H3. The van der Waals surface area contributed by atoms with Crippen LogP contribution < -0.4 is 5.73 Å². The number of hydrogen-bond donors (Lipinski definition) is 1. The van der Waals surface area contributed by atoms with E-state index in [4.69, 9.17) is 17.3 Å². The molecule has 18 heavy (non-hydrogen) atoms. The van der Waals surface area contributed by atoms with Gasteiger partial charge in [-0.2, -0.15) is 0 Å². The fraction of sp³-hybridized carbons (Fsp3) is 0.308. The lowest BCUT2D eigenvalue weighted by atomic mass is 10.1. The van der Waals surface area contributed by atoms with Gasteiger partial charge in [-0.25, -0.2) is 9.37 Å². The number of nitrogens with zero attached hydrogens (tertiary/aromatic N) is 2. The first-order chi connectivity index (χ1) is 8.56. The molecule has 0 atom stereocenters. The Hall–Kier alpha value is -1.55. The molecule has 0 radical (unpaired) electrons. The topological polar surface area (TPSA) is 43.8 Å². The Morgan fingerprint density at radius 2 is 2.17 bits per heavy atom. The van der Waals surface area contributed by atoms with E-state index in [1.165, 1.54) is 6.07 Å². The van der Waals surface area contributed by atoms with Gasteiger partial charge >= 0.3 is 0 Å². The van der Waals surface area contributed by atoms with Crippen LogP contribution >= 0.6 is 11.6 Å². The Morgan fingerprint density at radius 3 is 2.78 bits per heavy atom. The normalized spacial score (nSPS) is 10.9. The summed E-state index contributed by atoms with van der Waals surface area (Å²) in [6, 6.07) is 4.55. The molecule has 0 saturated heterocycles. The van der Waals surface area contributed by atoms with Crippen LogP contribution in [0.25, 0.3) is 11.3 Å². The summed E-state index contributed by atoms with van der Waals surface area (Å²) in [4.78, 5) is 4.40. The molecule has 1 heterocycles. The molecule has 0 saturated carbocycles. The first-order valence-electron chi connectivity index (χ1n) is 5.81. The van der Waals surface area contributed by atoms with Crippen molar-refractivity contribution in [3.63, 3.8) is 0 Å². The van der Waals surface area contributed by atoms with E-state index in [1.807, 2.05) is 7.05 Å². The van der Waals surface area contributed by atoms with Gasteiger partial charge in [0.1, 0.15) is 23.2 Å². The largest absolute Gasteiger partial charge is 0.383 e. The van der Waals surface area contributed by atoms with Gasteiger partial charge in [0.2, 0.25) is 0 Å². The first-order valence-corrected chi connectivity index (χ1v) is 6.19. The summed E-state index contributed by atoms with van der Waals surface area (Å²) in [5.74, 6) is 0.866. The zero-order valence-electron chi connectivity index (χ0n) is 10.4. The van der Waals surface area contributed by atoms with Crippen molar-refractivity contribution >= 4 is 17.4 Å². The minimum atomic E-state index is -0.407. The zero-order chi connectivity index (χ0) is 13.3. The molecule has 0 aliphatic rings. The minimum absolute atomic E-state index is 0.273. The highest BCUT2D eigenvalue weighted by Crippen LogP contribution is 2.33. The van der Waals surface area contributed by atoms with E-state index < -0.39 is 5.82 Å². The summed E-state index contributed by atoms with van der Waals surface area (Å²) < 4.78 is 15.6. The predicted molar refractivity (Wildman–Crippen MR) is 72.0 cm³/mol. The van der Waals surface area contributed by atoms with Crippen molar-refractivity contribution in [1.29, 1.82) is 0 Å². The Labute approximate surface area is 110 Å². The summed E-state index contributed by atoms with van der Waals surface area (Å²) in [6.07, 6.45) is 1.75. The number of aromatic nitrogens is 2. The third kappa shape index (κ3) is 2.08. The molecule has 0 amide bonds. The number of nitrogens with two attached hydrogens (primary N) is 1. The molecule has 2 N–H and O–H groups in total. The van der Waals surface area contributed by atoms with Gasteiger partial charge in [0.15, 0.2) is 0 Å². The predicted octanol–water partition coefficient (Wildman–Crippen LogP) is 3.41. The molecule has 0 bridgehead atoms. The number of aryl methyl sites for hydroxylation is 1. The summed E-state index contributed by atoms with van der Waals surface area (Å²) >= 11 is 6.03. The Morgan fingerprint density at radius 1 is 1.44 bits per heavy atom. The maximum absolute atomic E-state index is 13.9. The quantitative estimate of drug-likeness (QED) is 0.926. The molecular formula is C13H15ClFN3. The summed E-state index contributed by atoms with van der Waals surface area (Å²) in [5, 5.41) is 0.322. The number of halogens is 2. The van der Waals surface area contributed by atoms with Crippen LogP contribution in [-0.2, 0) is 13.5 Å². The monoisotopic (exact) mass is 267 g/mol. The van der Waals surface area contributed by atoms with Gasteiger partial charge in [0.05, 0.1) is 10.6 Å². The van der Waals surface area contributed by atoms with Crippen molar-refractivity contribution in [2.45, 2.75) is 19.8 Å². The maximum atomic E-state index is 13.9. The van der Waals surface area contributed by atoms with E-state index in [0.29, 0.717) is 16.5 Å². The molecule has 0 aliphatic carbocycles. The fourth-order valence-corrected chi connectivity index (χ4v) is 2.17. The molecule has 5 heteroatoms. The van der Waals surface area contributed by atoms with Crippen LogP contribution in [0, 0.1) is 5.82 Å². The lowest BCUT2D eigenvalue weighted by molar-refractivity contribution is 0.631. The van der Waals surface area contributed by atoms with Gasteiger partial charge in [-0.3, -0.25) is 0 Å². The van der Waals surface area contributed by atoms with Crippen molar-refractivity contribution in [3.05, 3.63) is 34.9 Å². The lowest BCUT2D eigenvalue weighted by Crippen LogP contribution is -2.01. The second kappa shape index (κ2) is 4.98. The van der Waals surface area contributed by atoms with Gasteiger partial charge in [-0.05, 0) is 18.6 Å². The van der Waals surface area contributed by atoms with Crippen LogP contribution in [0.2, 0.25) is 5.02 Å². The van der Waals surface area contributed by atoms with E-state index >= 15 is 0 Å². The van der Waals surface area contributed by atoms with Crippen LogP contribution in [0.5, 0.6) is 0 Å². The molecule has 0 fully saturated rings. The number of benzene rings is 1. The molecule has 3 nitrogen and oxygen atoms in total. The molecule has 96 valence electrons. The molecule has 1 aromatic heterocycles. The maximum Gasteiger partial charge on any atom is 0.134 e. The third-order valence-corrected chi connectivity index (χ3v) is 3.22. The van der Waals surface area contributed by atoms with E-state index in [0.717, 1.165) is 18.7 Å². The van der Waals surface area contributed by atoms with Crippen molar-refractivity contribution in [2.75, 3.05) is 5.73 Å². The van der Waals surface area contributed by atoms with E-state index in [2.05, 4.69) is 11.9 Å². The Kier molecular flexibility index (Phi) is 3.57. The van der Waals surface area contributed by atoms with Crippen molar-refractivity contribution in [3.8, 4) is 11.3 Å². The van der Waals surface area contributed by atoms with Gasteiger partial charge < -0.3 is 10.3 Å². The minimum Gasteiger partial charge on any atom is -0.383 e. The van der Waals surface area contributed by atoms with Crippen LogP contribution in [0.15, 0.2) is 18.2 Å². The first kappa shape index (κ1) is 12.9. The van der Waals surface area contributed by atoms with Gasteiger partial charge in [-0.15, -0.1) is 0 Å². The van der Waals surface area contributed by atoms with Gasteiger partial charge in [0.25, 0.3) is 0 Å². The molecule has 0 spiro atoms. The number of hydrogen-bond acceptors (Lipinski definition) is 2. The number of rotatable bonds is 3. The molecule has 2 rings (SSSR count). The van der Waals surface area contributed by atoms with Crippen LogP contribution in [-0.4, -0.2) is 9.55 Å². The molecule has 1 aromatic carbocycles. The van der Waals surface area contributed by atoms with Crippen LogP contribution in [0.1, 0.15) is 19.2 Å². The molecular weight excluding hydrogens is 253 g/mol. The second-order valence-electron chi connectivity index (χ2n) is 4.17. The van der Waals surface area contributed by atoms with Crippen molar-refractivity contribution < 1.29 is 4.39 Å². The second-order valence-corrected chi connectivity index (χ2v) is 4.57. The lowest BCUT2D eigenvalue weighted by Gasteiger charge is -2.04. The Balaban J connectivity index is 2.61. The highest BCUT2D eigenvalue weighted by molar-refractivity contribution is 6.33. The SMILES string of the molecule is CCCc1nc(-c2c(F)cccc2Cl)c(N)n1C. The van der Waals surface area contributed by atoms with Crippen LogP contribution in [0.3, 0.4) is 0 Å². The summed E-state index contributed by atoms with van der Waals surface area (Å²) in [7, 11) is 1.82. The molecule has 0 unspecified atom stereocenters. The molecule has 0 aliphatic heterocycles. The van der Waals surface area contributed by atoms with Crippen molar-refractivity contribution in [2.24, 2.45) is 7.05 Å². The highest BCUT2D eigenvalue weighted by atomic mass is 35.5. The van der Waals surface area contributed by atoms with E-state index in [1.54, 1.807) is 16.7 Å². The van der Waals surface area contributed by atoms with Gasteiger partial charge in [-0.1, -0.05) is 24.6 Å². The average molecular weight is 268 g/mol. The third-order valence-electron chi connectivity index (χ3n) is 2.91. The van der Waals surface area contributed by atoms with Gasteiger partial charge in [0, 0.05) is 13.5 Å². The smallest absolute Gasteiger partial charge is 0.134 e. The summed E-state index contributed by atoms with van der Waals surface area (Å²) in [6.45, 7) is 2.06. The summed E-state index contributed by atoms with van der Waals surface area (Å²) in [5.41, 5.74) is 6.67. The van der Waals surface area contributed by atoms with E-state index in [-0.39, 0.29) is 5.56 Å². The number of anilines is 1. The highest BCUT2D eigenvalue weighted by Gasteiger charge is 2.18. The molecule has 2 aromatic rings. The fourth-order valence-electron chi connectivity index (χ4n) is 1.91. The zero-order valence-corrected chi connectivity index (χ0v) is 11.1. The number of nitrogen functional groups attached to an aromatic ring is 1. The van der Waals surface area contributed by atoms with Crippen LogP contribution in [0.4, 0.5) is 10.2 Å². The Bertz CT molecular complexity index is 558. The average Bonchev–Trinajstić information content (AvgIpc) is 2.59. The van der Waals surface area contributed by atoms with E-state index in [9.17, 15) is 4.39 Å². The van der Waals surface area contributed by atoms with Crippen molar-refractivity contribution in [1.82, 2.24) is 9.55 Å².